The second-order valence-electron chi connectivity index (χ2n) is 3.21. The largest absolute Gasteiger partial charge is 0.388 e. The zero-order chi connectivity index (χ0) is 10.6. The average molecular weight is 215 g/mol. The molecule has 1 aromatic rings. The van der Waals surface area contributed by atoms with Gasteiger partial charge in [-0.15, -0.1) is 0 Å². The summed E-state index contributed by atoms with van der Waals surface area (Å²) < 4.78 is 21.7. The number of aliphatic hydroxyl groups excluding tert-OH is 1. The molecule has 4 nitrogen and oxygen atoms in total. The van der Waals surface area contributed by atoms with Crippen LogP contribution in [0, 0.1) is 0 Å². The monoisotopic (exact) mass is 215 g/mol. The Morgan fingerprint density at radius 3 is 2.50 bits per heavy atom. The first-order chi connectivity index (χ1) is 6.49. The molecule has 0 aliphatic rings. The van der Waals surface area contributed by atoms with Crippen molar-refractivity contribution < 1.29 is 13.5 Å². The van der Waals surface area contributed by atoms with Crippen LogP contribution in [0.5, 0.6) is 0 Å². The van der Waals surface area contributed by atoms with Gasteiger partial charge in [0, 0.05) is 18.6 Å². The Bertz CT molecular complexity index is 374. The average Bonchev–Trinajstić information content (AvgIpc) is 2.14. The van der Waals surface area contributed by atoms with Crippen molar-refractivity contribution in [2.75, 3.05) is 12.0 Å². The van der Waals surface area contributed by atoms with Gasteiger partial charge in [-0.2, -0.15) is 0 Å². The predicted molar refractivity (Wildman–Crippen MR) is 53.5 cm³/mol. The van der Waals surface area contributed by atoms with E-state index in [2.05, 4.69) is 4.98 Å². The van der Waals surface area contributed by atoms with E-state index in [9.17, 15) is 13.5 Å². The van der Waals surface area contributed by atoms with Crippen LogP contribution in [-0.2, 0) is 9.84 Å². The van der Waals surface area contributed by atoms with E-state index in [0.717, 1.165) is 6.26 Å². The molecule has 1 unspecified atom stereocenters. The van der Waals surface area contributed by atoms with Crippen molar-refractivity contribution >= 4 is 9.84 Å². The molecule has 0 saturated heterocycles. The molecule has 0 spiro atoms. The van der Waals surface area contributed by atoms with Gasteiger partial charge in [0.25, 0.3) is 0 Å². The molecule has 0 bridgehead atoms. The molecule has 5 heteroatoms. The number of rotatable bonds is 4. The van der Waals surface area contributed by atoms with Crippen molar-refractivity contribution in [3.63, 3.8) is 0 Å². The molecule has 0 aliphatic carbocycles. The Labute approximate surface area is 83.5 Å². The summed E-state index contributed by atoms with van der Waals surface area (Å²) in [6.45, 7) is 0. The lowest BCUT2D eigenvalue weighted by atomic mass is 10.1. The molecule has 14 heavy (non-hydrogen) atoms. The molecule has 1 aromatic heterocycles. The predicted octanol–water partition coefficient (Wildman–Crippen LogP) is 0.550. The van der Waals surface area contributed by atoms with Gasteiger partial charge in [0.1, 0.15) is 9.84 Å². The van der Waals surface area contributed by atoms with Gasteiger partial charge >= 0.3 is 0 Å². The van der Waals surface area contributed by atoms with Crippen molar-refractivity contribution in [2.45, 2.75) is 12.5 Å². The molecular formula is C9H13NO3S. The Kier molecular flexibility index (Phi) is 3.60. The number of sulfone groups is 1. The number of aliphatic hydroxyl groups is 1. The Morgan fingerprint density at radius 2 is 2.00 bits per heavy atom. The standard InChI is InChI=1S/C9H13NO3S/c1-14(12,13)7-4-9(11)8-2-5-10-6-3-8/h2-3,5-6,9,11H,4,7H2,1H3. The van der Waals surface area contributed by atoms with Gasteiger partial charge in [-0.3, -0.25) is 4.98 Å². The molecule has 0 aromatic carbocycles. The van der Waals surface area contributed by atoms with Crippen LogP contribution in [-0.4, -0.2) is 30.5 Å². The van der Waals surface area contributed by atoms with Crippen molar-refractivity contribution in [3.05, 3.63) is 30.1 Å². The SMILES string of the molecule is CS(=O)(=O)CCC(O)c1ccncc1. The Morgan fingerprint density at radius 1 is 1.43 bits per heavy atom. The van der Waals surface area contributed by atoms with E-state index >= 15 is 0 Å². The van der Waals surface area contributed by atoms with Gasteiger partial charge in [0.2, 0.25) is 0 Å². The van der Waals surface area contributed by atoms with Gasteiger partial charge < -0.3 is 5.11 Å². The summed E-state index contributed by atoms with van der Waals surface area (Å²) in [5.41, 5.74) is 0.698. The second-order valence-corrected chi connectivity index (χ2v) is 5.47. The number of pyridine rings is 1. The van der Waals surface area contributed by atoms with Crippen molar-refractivity contribution in [1.82, 2.24) is 4.98 Å². The zero-order valence-electron chi connectivity index (χ0n) is 7.92. The van der Waals surface area contributed by atoms with E-state index in [-0.39, 0.29) is 12.2 Å². The van der Waals surface area contributed by atoms with Gasteiger partial charge in [-0.25, -0.2) is 8.42 Å². The lowest BCUT2D eigenvalue weighted by molar-refractivity contribution is 0.174. The van der Waals surface area contributed by atoms with E-state index < -0.39 is 15.9 Å². The minimum absolute atomic E-state index is 0.00348. The van der Waals surface area contributed by atoms with Gasteiger partial charge in [0.15, 0.2) is 0 Å². The minimum Gasteiger partial charge on any atom is -0.388 e. The molecule has 0 amide bonds. The number of hydrogen-bond donors (Lipinski definition) is 1. The van der Waals surface area contributed by atoms with Crippen LogP contribution in [0.4, 0.5) is 0 Å². The lowest BCUT2D eigenvalue weighted by Gasteiger charge is -2.09. The Balaban J connectivity index is 2.56. The summed E-state index contributed by atoms with van der Waals surface area (Å²) >= 11 is 0. The van der Waals surface area contributed by atoms with Gasteiger partial charge in [-0.1, -0.05) is 0 Å². The highest BCUT2D eigenvalue weighted by molar-refractivity contribution is 7.90. The van der Waals surface area contributed by atoms with Crippen LogP contribution in [0.25, 0.3) is 0 Å². The van der Waals surface area contributed by atoms with E-state index in [4.69, 9.17) is 0 Å². The summed E-state index contributed by atoms with van der Waals surface area (Å²) in [5, 5.41) is 9.59. The number of hydrogen-bond acceptors (Lipinski definition) is 4. The third kappa shape index (κ3) is 3.85. The minimum atomic E-state index is -3.00. The van der Waals surface area contributed by atoms with Gasteiger partial charge in [-0.05, 0) is 24.1 Å². The smallest absolute Gasteiger partial charge is 0.147 e. The molecular weight excluding hydrogens is 202 g/mol. The normalized spacial score (nSPS) is 13.9. The van der Waals surface area contributed by atoms with Crippen LogP contribution in [0.3, 0.4) is 0 Å². The molecule has 1 atom stereocenters. The summed E-state index contributed by atoms with van der Waals surface area (Å²) in [6.07, 6.45) is 3.79. The first kappa shape index (κ1) is 11.1. The first-order valence-corrected chi connectivity index (χ1v) is 6.31. The highest BCUT2D eigenvalue weighted by Gasteiger charge is 2.10. The fraction of sp³-hybridized carbons (Fsp3) is 0.444. The van der Waals surface area contributed by atoms with Crippen LogP contribution in [0.2, 0.25) is 0 Å². The van der Waals surface area contributed by atoms with Crippen molar-refractivity contribution in [2.24, 2.45) is 0 Å². The maximum Gasteiger partial charge on any atom is 0.147 e. The first-order valence-electron chi connectivity index (χ1n) is 4.25. The highest BCUT2D eigenvalue weighted by Crippen LogP contribution is 2.15. The quantitative estimate of drug-likeness (QED) is 0.796. The van der Waals surface area contributed by atoms with Crippen LogP contribution in [0.15, 0.2) is 24.5 Å². The molecule has 0 saturated carbocycles. The molecule has 0 fully saturated rings. The van der Waals surface area contributed by atoms with Crippen LogP contribution >= 0.6 is 0 Å². The lowest BCUT2D eigenvalue weighted by Crippen LogP contribution is -2.08. The van der Waals surface area contributed by atoms with Crippen LogP contribution < -0.4 is 0 Å². The number of aromatic nitrogens is 1. The van der Waals surface area contributed by atoms with E-state index in [1.54, 1.807) is 24.5 Å². The maximum atomic E-state index is 10.8. The van der Waals surface area contributed by atoms with Crippen molar-refractivity contribution in [3.8, 4) is 0 Å². The number of nitrogens with zero attached hydrogens (tertiary/aromatic N) is 1. The third-order valence-electron chi connectivity index (χ3n) is 1.85. The van der Waals surface area contributed by atoms with E-state index in [0.29, 0.717) is 5.56 Å². The summed E-state index contributed by atoms with van der Waals surface area (Å²) in [6, 6.07) is 3.35. The topological polar surface area (TPSA) is 67.3 Å². The highest BCUT2D eigenvalue weighted by atomic mass is 32.2. The van der Waals surface area contributed by atoms with Crippen molar-refractivity contribution in [1.29, 1.82) is 0 Å². The molecule has 1 N–H and O–H groups in total. The van der Waals surface area contributed by atoms with Crippen LogP contribution in [0.1, 0.15) is 18.1 Å². The Hall–Kier alpha value is -0.940. The molecule has 1 heterocycles. The van der Waals surface area contributed by atoms with Gasteiger partial charge in [0.05, 0.1) is 11.9 Å². The maximum absolute atomic E-state index is 10.8. The molecule has 1 rings (SSSR count). The summed E-state index contributed by atoms with van der Waals surface area (Å²) in [7, 11) is -3.00. The zero-order valence-corrected chi connectivity index (χ0v) is 8.74. The second kappa shape index (κ2) is 4.52. The summed E-state index contributed by atoms with van der Waals surface area (Å²) in [4.78, 5) is 3.81. The van der Waals surface area contributed by atoms with E-state index in [1.807, 2.05) is 0 Å². The molecule has 0 aliphatic heterocycles. The summed E-state index contributed by atoms with van der Waals surface area (Å²) in [5.74, 6) is -0.00348. The third-order valence-corrected chi connectivity index (χ3v) is 2.83. The fourth-order valence-electron chi connectivity index (χ4n) is 1.08. The van der Waals surface area contributed by atoms with E-state index in [1.165, 1.54) is 0 Å². The molecule has 0 radical (unpaired) electrons. The molecule has 78 valence electrons. The fourth-order valence-corrected chi connectivity index (χ4v) is 1.73.